The monoisotopic (exact) mass is 304 g/mol. The zero-order valence-electron chi connectivity index (χ0n) is 12.6. The fourth-order valence-corrected chi connectivity index (χ4v) is 3.19. The lowest BCUT2D eigenvalue weighted by Crippen LogP contribution is -2.46. The number of amides is 2. The number of piperidine rings is 1. The third kappa shape index (κ3) is 3.13. The van der Waals surface area contributed by atoms with E-state index in [9.17, 15) is 14.0 Å². The normalized spacial score (nSPS) is 21.7. The Morgan fingerprint density at radius 1 is 1.18 bits per heavy atom. The second kappa shape index (κ2) is 6.46. The van der Waals surface area contributed by atoms with E-state index in [-0.39, 0.29) is 23.7 Å². The minimum absolute atomic E-state index is 0.0603. The Kier molecular flexibility index (Phi) is 4.41. The molecule has 22 heavy (non-hydrogen) atoms. The van der Waals surface area contributed by atoms with Gasteiger partial charge in [-0.25, -0.2) is 4.39 Å². The quantitative estimate of drug-likeness (QED) is 0.857. The molecule has 3 rings (SSSR count). The van der Waals surface area contributed by atoms with Crippen molar-refractivity contribution in [2.75, 3.05) is 19.6 Å². The Bertz CT molecular complexity index is 558. The predicted molar refractivity (Wildman–Crippen MR) is 80.5 cm³/mol. The molecule has 118 valence electrons. The number of benzene rings is 1. The maximum absolute atomic E-state index is 13.0. The molecule has 0 saturated carbocycles. The van der Waals surface area contributed by atoms with E-state index < -0.39 is 0 Å². The van der Waals surface area contributed by atoms with Gasteiger partial charge < -0.3 is 9.80 Å². The lowest BCUT2D eigenvalue weighted by molar-refractivity contribution is -0.140. The Balaban J connectivity index is 1.54. The number of hydrogen-bond donors (Lipinski definition) is 0. The molecule has 1 aromatic carbocycles. The van der Waals surface area contributed by atoms with Gasteiger partial charge in [-0.3, -0.25) is 9.59 Å². The molecule has 0 N–H and O–H groups in total. The minimum atomic E-state index is -0.260. The lowest BCUT2D eigenvalue weighted by Gasteiger charge is -2.42. The van der Waals surface area contributed by atoms with Gasteiger partial charge in [-0.05, 0) is 37.0 Å². The van der Waals surface area contributed by atoms with Crippen LogP contribution in [0.3, 0.4) is 0 Å². The largest absolute Gasteiger partial charge is 0.342 e. The summed E-state index contributed by atoms with van der Waals surface area (Å²) < 4.78 is 13.0. The van der Waals surface area contributed by atoms with Crippen molar-refractivity contribution in [3.63, 3.8) is 0 Å². The molecule has 0 bridgehead atoms. The summed E-state index contributed by atoms with van der Waals surface area (Å²) in [7, 11) is 0. The first kappa shape index (κ1) is 15.0. The van der Waals surface area contributed by atoms with E-state index in [1.807, 2.05) is 4.90 Å². The summed E-state index contributed by atoms with van der Waals surface area (Å²) in [6, 6.07) is 6.41. The number of hydrogen-bond acceptors (Lipinski definition) is 2. The molecule has 1 aromatic rings. The number of halogens is 1. The van der Waals surface area contributed by atoms with E-state index in [4.69, 9.17) is 0 Å². The SMILES string of the molecule is O=C1CCCCN1CCC(=O)N1CC[C@H]1c1ccc(F)cc1. The molecule has 4 nitrogen and oxygen atoms in total. The van der Waals surface area contributed by atoms with Crippen molar-refractivity contribution >= 4 is 11.8 Å². The van der Waals surface area contributed by atoms with Crippen LogP contribution in [0, 0.1) is 5.82 Å². The van der Waals surface area contributed by atoms with Crippen LogP contribution in [-0.4, -0.2) is 41.2 Å². The molecule has 1 atom stereocenters. The first-order valence-corrected chi connectivity index (χ1v) is 7.98. The van der Waals surface area contributed by atoms with Gasteiger partial charge in [-0.1, -0.05) is 12.1 Å². The summed E-state index contributed by atoms with van der Waals surface area (Å²) in [6.45, 7) is 2.03. The summed E-state index contributed by atoms with van der Waals surface area (Å²) in [6.07, 6.45) is 3.89. The summed E-state index contributed by atoms with van der Waals surface area (Å²) in [5, 5.41) is 0. The summed E-state index contributed by atoms with van der Waals surface area (Å²) in [5.41, 5.74) is 0.982. The Hall–Kier alpha value is -1.91. The maximum Gasteiger partial charge on any atom is 0.224 e. The van der Waals surface area contributed by atoms with Crippen molar-refractivity contribution in [3.05, 3.63) is 35.6 Å². The Labute approximate surface area is 129 Å². The minimum Gasteiger partial charge on any atom is -0.342 e. The van der Waals surface area contributed by atoms with Crippen molar-refractivity contribution in [1.29, 1.82) is 0 Å². The fraction of sp³-hybridized carbons (Fsp3) is 0.529. The standard InChI is InChI=1S/C17H21FN2O2/c18-14-6-4-13(5-7-14)15-8-12-20(15)17(22)9-11-19-10-2-1-3-16(19)21/h4-7,15H,1-3,8-12H2/t15-/m0/s1. The van der Waals surface area contributed by atoms with Crippen molar-refractivity contribution in [1.82, 2.24) is 9.80 Å². The topological polar surface area (TPSA) is 40.6 Å². The van der Waals surface area contributed by atoms with Gasteiger partial charge in [-0.2, -0.15) is 0 Å². The second-order valence-electron chi connectivity index (χ2n) is 6.03. The fourth-order valence-electron chi connectivity index (χ4n) is 3.19. The van der Waals surface area contributed by atoms with Gasteiger partial charge >= 0.3 is 0 Å². The molecule has 5 heteroatoms. The van der Waals surface area contributed by atoms with Crippen LogP contribution in [0.5, 0.6) is 0 Å². The summed E-state index contributed by atoms with van der Waals surface area (Å²) >= 11 is 0. The van der Waals surface area contributed by atoms with Crippen molar-refractivity contribution < 1.29 is 14.0 Å². The molecule has 0 aliphatic carbocycles. The van der Waals surface area contributed by atoms with Crippen LogP contribution >= 0.6 is 0 Å². The Morgan fingerprint density at radius 3 is 2.59 bits per heavy atom. The van der Waals surface area contributed by atoms with Crippen molar-refractivity contribution in [2.24, 2.45) is 0 Å². The first-order valence-electron chi connectivity index (χ1n) is 7.98. The smallest absolute Gasteiger partial charge is 0.224 e. The van der Waals surface area contributed by atoms with E-state index in [2.05, 4.69) is 0 Å². The van der Waals surface area contributed by atoms with Crippen molar-refractivity contribution in [3.8, 4) is 0 Å². The van der Waals surface area contributed by atoms with Crippen LogP contribution in [0.25, 0.3) is 0 Å². The average molecular weight is 304 g/mol. The molecule has 2 amide bonds. The van der Waals surface area contributed by atoms with Gasteiger partial charge in [-0.15, -0.1) is 0 Å². The number of carbonyl (C=O) groups is 2. The zero-order chi connectivity index (χ0) is 15.5. The summed E-state index contributed by atoms with van der Waals surface area (Å²) in [4.78, 5) is 27.7. The van der Waals surface area contributed by atoms with Gasteiger partial charge in [0.25, 0.3) is 0 Å². The summed E-state index contributed by atoms with van der Waals surface area (Å²) in [5.74, 6) is -0.0127. The number of rotatable bonds is 4. The highest BCUT2D eigenvalue weighted by Crippen LogP contribution is 2.33. The molecule has 0 unspecified atom stereocenters. The molecule has 2 aliphatic heterocycles. The number of carbonyl (C=O) groups excluding carboxylic acids is 2. The zero-order valence-corrected chi connectivity index (χ0v) is 12.6. The molecule has 0 radical (unpaired) electrons. The van der Waals surface area contributed by atoms with Crippen LogP contribution in [0.4, 0.5) is 4.39 Å². The van der Waals surface area contributed by atoms with Crippen LogP contribution in [0.15, 0.2) is 24.3 Å². The van der Waals surface area contributed by atoms with Gasteiger partial charge in [0, 0.05) is 32.5 Å². The van der Waals surface area contributed by atoms with Gasteiger partial charge in [0.1, 0.15) is 5.82 Å². The highest BCUT2D eigenvalue weighted by molar-refractivity contribution is 5.80. The molecule has 2 heterocycles. The molecular weight excluding hydrogens is 283 g/mol. The van der Waals surface area contributed by atoms with Crippen LogP contribution in [0.2, 0.25) is 0 Å². The van der Waals surface area contributed by atoms with Gasteiger partial charge in [0.15, 0.2) is 0 Å². The average Bonchev–Trinajstić information content (AvgIpc) is 2.47. The van der Waals surface area contributed by atoms with Crippen LogP contribution in [0.1, 0.15) is 43.7 Å². The number of likely N-dealkylation sites (tertiary alicyclic amines) is 2. The second-order valence-corrected chi connectivity index (χ2v) is 6.03. The molecule has 2 saturated heterocycles. The van der Waals surface area contributed by atoms with E-state index >= 15 is 0 Å². The van der Waals surface area contributed by atoms with Gasteiger partial charge in [0.2, 0.25) is 11.8 Å². The molecule has 2 aliphatic rings. The van der Waals surface area contributed by atoms with E-state index in [1.165, 1.54) is 12.1 Å². The van der Waals surface area contributed by atoms with E-state index in [1.54, 1.807) is 17.0 Å². The third-order valence-corrected chi connectivity index (χ3v) is 4.61. The third-order valence-electron chi connectivity index (χ3n) is 4.61. The predicted octanol–water partition coefficient (Wildman–Crippen LogP) is 2.50. The molecule has 2 fully saturated rings. The molecule has 0 spiro atoms. The van der Waals surface area contributed by atoms with Crippen molar-refractivity contribution in [2.45, 2.75) is 38.1 Å². The number of nitrogens with zero attached hydrogens (tertiary/aromatic N) is 2. The van der Waals surface area contributed by atoms with Crippen LogP contribution < -0.4 is 0 Å². The van der Waals surface area contributed by atoms with E-state index in [0.29, 0.717) is 19.4 Å². The highest BCUT2D eigenvalue weighted by Gasteiger charge is 2.33. The lowest BCUT2D eigenvalue weighted by atomic mass is 9.94. The molecular formula is C17H21FN2O2. The van der Waals surface area contributed by atoms with E-state index in [0.717, 1.165) is 37.9 Å². The van der Waals surface area contributed by atoms with Gasteiger partial charge in [0.05, 0.1) is 6.04 Å². The Morgan fingerprint density at radius 2 is 1.95 bits per heavy atom. The molecule has 0 aromatic heterocycles. The van der Waals surface area contributed by atoms with Crippen LogP contribution in [-0.2, 0) is 9.59 Å². The first-order chi connectivity index (χ1) is 10.6. The maximum atomic E-state index is 13.0. The highest BCUT2D eigenvalue weighted by atomic mass is 19.1.